The van der Waals surface area contributed by atoms with Crippen molar-refractivity contribution in [2.45, 2.75) is 44.2 Å². The average Bonchev–Trinajstić information content (AvgIpc) is 2.74. The van der Waals surface area contributed by atoms with E-state index in [2.05, 4.69) is 20.9 Å². The number of ether oxygens (including phenoxy) is 3. The summed E-state index contributed by atoms with van der Waals surface area (Å²) < 4.78 is 49.8. The van der Waals surface area contributed by atoms with E-state index >= 15 is 0 Å². The molecule has 0 aliphatic carbocycles. The Morgan fingerprint density at radius 1 is 1.09 bits per heavy atom. The van der Waals surface area contributed by atoms with Crippen LogP contribution in [0.25, 0.3) is 0 Å². The van der Waals surface area contributed by atoms with Crippen LogP contribution in [-0.2, 0) is 23.9 Å². The van der Waals surface area contributed by atoms with Crippen LogP contribution in [-0.4, -0.2) is 56.1 Å². The van der Waals surface area contributed by atoms with Gasteiger partial charge in [0.1, 0.15) is 11.9 Å². The van der Waals surface area contributed by atoms with Gasteiger partial charge in [-0.2, -0.15) is 0 Å². The number of carbonyl (C=O) groups is 3. The van der Waals surface area contributed by atoms with E-state index in [0.717, 1.165) is 0 Å². The molecule has 1 aromatic carbocycles. The number of nitrogens with one attached hydrogen (secondary N) is 3. The second kappa shape index (κ2) is 12.5. The first-order valence-corrected chi connectivity index (χ1v) is 10.1. The smallest absolute Gasteiger partial charge is 0.484 e. The first-order valence-electron chi connectivity index (χ1n) is 9.71. The molecule has 1 fully saturated rings. The fraction of sp³-hybridized carbons (Fsp3) is 0.526. The van der Waals surface area contributed by atoms with Crippen LogP contribution in [0.15, 0.2) is 24.3 Å². The van der Waals surface area contributed by atoms with Gasteiger partial charge in [0.2, 0.25) is 5.91 Å². The second-order valence-electron chi connectivity index (χ2n) is 6.84. The maximum atomic E-state index is 12.0. The normalized spacial score (nSPS) is 18.5. The van der Waals surface area contributed by atoms with Crippen LogP contribution in [0.1, 0.15) is 25.7 Å². The van der Waals surface area contributed by atoms with Crippen LogP contribution < -0.4 is 20.9 Å². The summed E-state index contributed by atoms with van der Waals surface area (Å²) in [5.74, 6) is -1.11. The van der Waals surface area contributed by atoms with Gasteiger partial charge in [-0.1, -0.05) is 11.6 Å². The maximum absolute atomic E-state index is 12.0. The van der Waals surface area contributed by atoms with Gasteiger partial charge in [-0.05, 0) is 43.5 Å². The van der Waals surface area contributed by atoms with Gasteiger partial charge in [0, 0.05) is 11.4 Å². The minimum Gasteiger partial charge on any atom is -0.484 e. The van der Waals surface area contributed by atoms with Gasteiger partial charge in [0.05, 0.1) is 19.3 Å². The topological polar surface area (TPSA) is 115 Å². The molecule has 178 valence electrons. The van der Waals surface area contributed by atoms with Crippen molar-refractivity contribution in [1.29, 1.82) is 0 Å². The monoisotopic (exact) mass is 481 g/mol. The minimum atomic E-state index is -4.75. The van der Waals surface area contributed by atoms with Gasteiger partial charge in [-0.25, -0.2) is 0 Å². The number of carbonyl (C=O) groups excluding carboxylic acids is 3. The lowest BCUT2D eigenvalue weighted by Crippen LogP contribution is -2.51. The zero-order chi connectivity index (χ0) is 23.6. The molecule has 0 spiro atoms. The third-order valence-corrected chi connectivity index (χ3v) is 4.51. The summed E-state index contributed by atoms with van der Waals surface area (Å²) in [7, 11) is 0. The molecule has 1 aliphatic rings. The summed E-state index contributed by atoms with van der Waals surface area (Å²) in [6.07, 6.45) is -5.23. The van der Waals surface area contributed by atoms with E-state index < -0.39 is 30.9 Å². The van der Waals surface area contributed by atoms with Crippen molar-refractivity contribution < 1.29 is 41.8 Å². The molecule has 0 radical (unpaired) electrons. The van der Waals surface area contributed by atoms with E-state index in [4.69, 9.17) is 21.1 Å². The Labute approximate surface area is 186 Å². The first-order chi connectivity index (χ1) is 15.1. The number of hydrazine groups is 1. The fourth-order valence-electron chi connectivity index (χ4n) is 2.72. The fourth-order valence-corrected chi connectivity index (χ4v) is 2.84. The van der Waals surface area contributed by atoms with Crippen molar-refractivity contribution in [3.05, 3.63) is 29.3 Å². The molecular weight excluding hydrogens is 459 g/mol. The van der Waals surface area contributed by atoms with Crippen molar-refractivity contribution in [3.8, 4) is 5.75 Å². The maximum Gasteiger partial charge on any atom is 0.522 e. The van der Waals surface area contributed by atoms with E-state index in [9.17, 15) is 27.6 Å². The predicted octanol–water partition coefficient (Wildman–Crippen LogP) is 1.85. The molecule has 0 bridgehead atoms. The molecule has 0 saturated carbocycles. The average molecular weight is 482 g/mol. The van der Waals surface area contributed by atoms with Crippen molar-refractivity contribution >= 4 is 29.3 Å². The number of hydrogen-bond donors (Lipinski definition) is 3. The summed E-state index contributed by atoms with van der Waals surface area (Å²) in [6, 6.07) is 6.25. The Kier molecular flexibility index (Phi) is 10.0. The highest BCUT2D eigenvalue weighted by Gasteiger charge is 2.29. The zero-order valence-corrected chi connectivity index (χ0v) is 17.6. The summed E-state index contributed by atoms with van der Waals surface area (Å²) in [5.41, 5.74) is 4.27. The number of rotatable bonds is 9. The van der Waals surface area contributed by atoms with Crippen molar-refractivity contribution in [2.24, 2.45) is 0 Å². The highest BCUT2D eigenvalue weighted by Crippen LogP contribution is 2.17. The van der Waals surface area contributed by atoms with Crippen molar-refractivity contribution in [3.63, 3.8) is 0 Å². The Morgan fingerprint density at radius 2 is 1.81 bits per heavy atom. The van der Waals surface area contributed by atoms with E-state index in [1.54, 1.807) is 24.3 Å². The lowest BCUT2D eigenvalue weighted by molar-refractivity contribution is -0.324. The highest BCUT2D eigenvalue weighted by atomic mass is 35.5. The third kappa shape index (κ3) is 10.2. The van der Waals surface area contributed by atoms with Gasteiger partial charge in [-0.3, -0.25) is 30.0 Å². The van der Waals surface area contributed by atoms with Crippen LogP contribution in [0.4, 0.5) is 13.2 Å². The Balaban J connectivity index is 1.58. The van der Waals surface area contributed by atoms with E-state index in [0.29, 0.717) is 23.6 Å². The third-order valence-electron chi connectivity index (χ3n) is 4.26. The number of benzene rings is 1. The molecule has 2 rings (SSSR count). The lowest BCUT2D eigenvalue weighted by atomic mass is 10.0. The molecule has 1 aromatic rings. The Hall–Kier alpha value is -2.57. The minimum absolute atomic E-state index is 0.0908. The number of amides is 3. The largest absolute Gasteiger partial charge is 0.522 e. The van der Waals surface area contributed by atoms with Crippen LogP contribution >= 0.6 is 11.6 Å². The van der Waals surface area contributed by atoms with Crippen molar-refractivity contribution in [2.75, 3.05) is 19.8 Å². The summed E-state index contributed by atoms with van der Waals surface area (Å²) in [5, 5.41) is 3.29. The van der Waals surface area contributed by atoms with Gasteiger partial charge in [0.25, 0.3) is 11.8 Å². The van der Waals surface area contributed by atoms with E-state index in [1.807, 2.05) is 0 Å². The highest BCUT2D eigenvalue weighted by molar-refractivity contribution is 6.30. The van der Waals surface area contributed by atoms with E-state index in [1.165, 1.54) is 0 Å². The van der Waals surface area contributed by atoms with Gasteiger partial charge in [-0.15, -0.1) is 13.2 Å². The van der Waals surface area contributed by atoms with Gasteiger partial charge in [0.15, 0.2) is 6.61 Å². The predicted molar refractivity (Wildman–Crippen MR) is 105 cm³/mol. The van der Waals surface area contributed by atoms with Gasteiger partial charge < -0.3 is 14.8 Å². The van der Waals surface area contributed by atoms with E-state index in [-0.39, 0.29) is 38.0 Å². The molecule has 9 nitrogen and oxygen atoms in total. The summed E-state index contributed by atoms with van der Waals surface area (Å²) >= 11 is 5.78. The SMILES string of the molecule is O=C(CCCOC(F)(F)F)NNC(=O)[C@@H]1CC[C@@H](NC(=O)COc2ccc(Cl)cc2)CO1. The van der Waals surface area contributed by atoms with Crippen LogP contribution in [0.5, 0.6) is 5.75 Å². The second-order valence-corrected chi connectivity index (χ2v) is 7.28. The zero-order valence-electron chi connectivity index (χ0n) is 16.9. The molecule has 13 heteroatoms. The van der Waals surface area contributed by atoms with Crippen LogP contribution in [0, 0.1) is 0 Å². The summed E-state index contributed by atoms with van der Waals surface area (Å²) in [6.45, 7) is -0.760. The Morgan fingerprint density at radius 3 is 2.44 bits per heavy atom. The van der Waals surface area contributed by atoms with Crippen LogP contribution in [0.3, 0.4) is 0 Å². The van der Waals surface area contributed by atoms with Crippen molar-refractivity contribution in [1.82, 2.24) is 16.2 Å². The molecular formula is C19H23ClF3N3O6. The standard InChI is InChI=1S/C19H23ClF3N3O6/c20-12-3-6-14(7-4-12)30-11-17(28)24-13-5-8-15(31-10-13)18(29)26-25-16(27)2-1-9-32-19(21,22)23/h3-4,6-7,13,15H,1-2,5,8-11H2,(H,24,28)(H,25,27)(H,26,29)/t13-,15+/m1/s1. The molecule has 3 N–H and O–H groups in total. The number of alkyl halides is 3. The molecule has 1 heterocycles. The lowest BCUT2D eigenvalue weighted by Gasteiger charge is -2.28. The molecule has 32 heavy (non-hydrogen) atoms. The quantitative estimate of drug-likeness (QED) is 0.366. The molecule has 0 aromatic heterocycles. The molecule has 1 saturated heterocycles. The van der Waals surface area contributed by atoms with Crippen LogP contribution in [0.2, 0.25) is 5.02 Å². The van der Waals surface area contributed by atoms with Gasteiger partial charge >= 0.3 is 6.36 Å². The molecule has 3 amide bonds. The Bertz CT molecular complexity index is 771. The molecule has 1 aliphatic heterocycles. The number of hydrogen-bond acceptors (Lipinski definition) is 6. The number of halogens is 4. The summed E-state index contributed by atoms with van der Waals surface area (Å²) in [4.78, 5) is 35.6. The molecule has 2 atom stereocenters. The first kappa shape index (κ1) is 25.7. The molecule has 0 unspecified atom stereocenters.